The van der Waals surface area contributed by atoms with Crippen LogP contribution in [0.15, 0.2) is 70.1 Å². The molecule has 1 aromatic carbocycles. The van der Waals surface area contributed by atoms with Crippen molar-refractivity contribution in [3.05, 3.63) is 81.2 Å². The Kier molecular flexibility index (Phi) is 7.26. The zero-order valence-corrected chi connectivity index (χ0v) is 19.1. The highest BCUT2D eigenvalue weighted by atomic mass is 16.4. The molecule has 0 fully saturated rings. The number of allylic oxidation sites excluding steroid dienone is 6. The standard InChI is InChI=1S/C26H32N2O4/c1-5-27-22-10-7-17(11-15(22)3)25(19-9-8-18(29)13-20(19)26(31)32)21-12-16(4)23(28-6-2)14-24(21)30/h8-13,24,27-30H,5-7,14H2,1-4H3,(H,31,32)/p-1/b25-17+. The van der Waals surface area contributed by atoms with Crippen LogP contribution in [0.2, 0.25) is 0 Å². The molecule has 0 amide bonds. The highest BCUT2D eigenvalue weighted by molar-refractivity contribution is 5.99. The number of likely N-dealkylation sites (N-methyl/N-ethyl adjacent to an activating group) is 1. The number of aliphatic hydroxyl groups excluding tert-OH is 1. The highest BCUT2D eigenvalue weighted by Gasteiger charge is 2.28. The van der Waals surface area contributed by atoms with E-state index in [4.69, 9.17) is 0 Å². The number of benzene rings is 1. The summed E-state index contributed by atoms with van der Waals surface area (Å²) in [5, 5.41) is 39.5. The highest BCUT2D eigenvalue weighted by Crippen LogP contribution is 2.40. The van der Waals surface area contributed by atoms with E-state index in [0.29, 0.717) is 29.6 Å². The third-order valence-corrected chi connectivity index (χ3v) is 5.80. The lowest BCUT2D eigenvalue weighted by atomic mass is 9.80. The second-order valence-electron chi connectivity index (χ2n) is 8.10. The lowest BCUT2D eigenvalue weighted by molar-refractivity contribution is -0.268. The third kappa shape index (κ3) is 4.81. The fourth-order valence-corrected chi connectivity index (χ4v) is 4.32. The van der Waals surface area contributed by atoms with E-state index >= 15 is 0 Å². The molecule has 1 atom stereocenters. The van der Waals surface area contributed by atoms with E-state index in [-0.39, 0.29) is 11.3 Å². The molecule has 3 rings (SSSR count). The van der Waals surface area contributed by atoms with Crippen LogP contribution < -0.4 is 15.7 Å². The van der Waals surface area contributed by atoms with Crippen molar-refractivity contribution in [2.75, 3.05) is 13.1 Å². The summed E-state index contributed by atoms with van der Waals surface area (Å²) in [6, 6.07) is 4.09. The molecule has 0 bridgehead atoms. The van der Waals surface area contributed by atoms with Crippen LogP contribution >= 0.6 is 0 Å². The van der Waals surface area contributed by atoms with Gasteiger partial charge in [0.2, 0.25) is 0 Å². The number of carbonyl (C=O) groups is 1. The first kappa shape index (κ1) is 23.4. The van der Waals surface area contributed by atoms with Crippen LogP contribution in [0.1, 0.15) is 56.5 Å². The molecule has 0 saturated carbocycles. The lowest BCUT2D eigenvalue weighted by Gasteiger charge is -2.29. The molecule has 0 heterocycles. The molecule has 170 valence electrons. The summed E-state index contributed by atoms with van der Waals surface area (Å²) in [6.45, 7) is 9.59. The average molecular weight is 436 g/mol. The van der Waals surface area contributed by atoms with Gasteiger partial charge >= 0.3 is 5.97 Å². The van der Waals surface area contributed by atoms with Gasteiger partial charge < -0.3 is 26.0 Å². The molecule has 2 aliphatic carbocycles. The van der Waals surface area contributed by atoms with E-state index in [1.54, 1.807) is 6.07 Å². The van der Waals surface area contributed by atoms with Gasteiger partial charge in [-0.1, -0.05) is 36.4 Å². The van der Waals surface area contributed by atoms with Gasteiger partial charge in [0, 0.05) is 30.9 Å². The molecular weight excluding hydrogens is 404 g/mol. The molecule has 32 heavy (non-hydrogen) atoms. The summed E-state index contributed by atoms with van der Waals surface area (Å²) < 4.78 is 0. The predicted molar refractivity (Wildman–Crippen MR) is 125 cm³/mol. The zero-order chi connectivity index (χ0) is 23.4. The van der Waals surface area contributed by atoms with Gasteiger partial charge in [-0.3, -0.25) is 0 Å². The summed E-state index contributed by atoms with van der Waals surface area (Å²) in [7, 11) is 0. The maximum Gasteiger partial charge on any atom is 0.336 e. The van der Waals surface area contributed by atoms with Crippen LogP contribution in [0.5, 0.6) is 5.75 Å². The summed E-state index contributed by atoms with van der Waals surface area (Å²) in [4.78, 5) is 12.0. The van der Waals surface area contributed by atoms with Crippen molar-refractivity contribution in [3.8, 4) is 5.75 Å². The monoisotopic (exact) mass is 435 g/mol. The Morgan fingerprint density at radius 3 is 2.47 bits per heavy atom. The third-order valence-electron chi connectivity index (χ3n) is 5.80. The minimum Gasteiger partial charge on any atom is -0.872 e. The van der Waals surface area contributed by atoms with Crippen molar-refractivity contribution >= 4 is 11.5 Å². The smallest absolute Gasteiger partial charge is 0.336 e. The fourth-order valence-electron chi connectivity index (χ4n) is 4.32. The van der Waals surface area contributed by atoms with Crippen molar-refractivity contribution in [1.29, 1.82) is 0 Å². The first-order chi connectivity index (χ1) is 15.3. The van der Waals surface area contributed by atoms with E-state index in [9.17, 15) is 20.1 Å². The van der Waals surface area contributed by atoms with Crippen molar-refractivity contribution in [3.63, 3.8) is 0 Å². The molecule has 0 radical (unpaired) electrons. The molecule has 0 spiro atoms. The molecule has 4 N–H and O–H groups in total. The number of aromatic carboxylic acids is 1. The maximum absolute atomic E-state index is 12.0. The summed E-state index contributed by atoms with van der Waals surface area (Å²) in [5.74, 6) is -1.52. The van der Waals surface area contributed by atoms with E-state index in [1.165, 1.54) is 6.07 Å². The van der Waals surface area contributed by atoms with E-state index in [2.05, 4.69) is 16.7 Å². The topological polar surface area (TPSA) is 105 Å². The first-order valence-electron chi connectivity index (χ1n) is 11.0. The number of aliphatic hydroxyl groups is 1. The largest absolute Gasteiger partial charge is 0.872 e. The second-order valence-corrected chi connectivity index (χ2v) is 8.10. The molecule has 6 nitrogen and oxygen atoms in total. The summed E-state index contributed by atoms with van der Waals surface area (Å²) in [6.07, 6.45) is 6.26. The molecule has 1 aromatic rings. The second kappa shape index (κ2) is 9.92. The Bertz CT molecular complexity index is 1070. The summed E-state index contributed by atoms with van der Waals surface area (Å²) >= 11 is 0. The van der Waals surface area contributed by atoms with Crippen molar-refractivity contribution in [2.24, 2.45) is 0 Å². The molecular formula is C26H31N2O4-. The Hall–Kier alpha value is -3.25. The normalized spacial score (nSPS) is 20.3. The number of hydrogen-bond acceptors (Lipinski definition) is 5. The van der Waals surface area contributed by atoms with Crippen molar-refractivity contribution in [1.82, 2.24) is 10.6 Å². The Morgan fingerprint density at radius 2 is 1.84 bits per heavy atom. The van der Waals surface area contributed by atoms with Crippen LogP contribution in [0.25, 0.3) is 5.57 Å². The van der Waals surface area contributed by atoms with Gasteiger partial charge in [0.15, 0.2) is 0 Å². The molecule has 0 saturated heterocycles. The van der Waals surface area contributed by atoms with Gasteiger partial charge in [0.25, 0.3) is 0 Å². The lowest BCUT2D eigenvalue weighted by Crippen LogP contribution is -2.25. The fraction of sp³-hybridized carbons (Fsp3) is 0.346. The van der Waals surface area contributed by atoms with Gasteiger partial charge in [0.1, 0.15) is 0 Å². The van der Waals surface area contributed by atoms with Crippen molar-refractivity contribution < 1.29 is 20.1 Å². The van der Waals surface area contributed by atoms with Gasteiger partial charge in [-0.05, 0) is 67.5 Å². The predicted octanol–water partition coefficient (Wildman–Crippen LogP) is 3.63. The van der Waals surface area contributed by atoms with E-state index in [0.717, 1.165) is 47.3 Å². The Balaban J connectivity index is 2.26. The van der Waals surface area contributed by atoms with Crippen LogP contribution in [0.4, 0.5) is 0 Å². The van der Waals surface area contributed by atoms with Gasteiger partial charge in [0.05, 0.1) is 11.7 Å². The number of rotatable bonds is 7. The quantitative estimate of drug-likeness (QED) is 0.521. The molecule has 0 aromatic heterocycles. The molecule has 6 heteroatoms. The molecule has 1 unspecified atom stereocenters. The number of carboxylic acid groups (broad SMARTS) is 1. The first-order valence-corrected chi connectivity index (χ1v) is 11.0. The molecule has 0 aliphatic heterocycles. The average Bonchev–Trinajstić information content (AvgIpc) is 2.74. The number of nitrogens with one attached hydrogen (secondary N) is 2. The van der Waals surface area contributed by atoms with Crippen LogP contribution in [0.3, 0.4) is 0 Å². The SMILES string of the molecule is CCNC1=CC/C(=C(\C2=CC(C)=C(NCC)CC2O)c2ccc([O-])cc2C(=O)O)C=C1C. The molecule has 2 aliphatic rings. The zero-order valence-electron chi connectivity index (χ0n) is 19.1. The van der Waals surface area contributed by atoms with Gasteiger partial charge in [-0.15, -0.1) is 5.75 Å². The Morgan fingerprint density at radius 1 is 1.12 bits per heavy atom. The minimum atomic E-state index is -1.16. The van der Waals surface area contributed by atoms with Crippen LogP contribution in [-0.4, -0.2) is 35.4 Å². The number of carboxylic acids is 1. The van der Waals surface area contributed by atoms with Crippen molar-refractivity contribution in [2.45, 2.75) is 46.6 Å². The van der Waals surface area contributed by atoms with Crippen LogP contribution in [-0.2, 0) is 0 Å². The summed E-state index contributed by atoms with van der Waals surface area (Å²) in [5.41, 5.74) is 6.72. The van der Waals surface area contributed by atoms with E-state index in [1.807, 2.05) is 39.8 Å². The van der Waals surface area contributed by atoms with Gasteiger partial charge in [-0.25, -0.2) is 4.79 Å². The van der Waals surface area contributed by atoms with Crippen LogP contribution in [0, 0.1) is 0 Å². The maximum atomic E-state index is 12.0. The minimum absolute atomic E-state index is 0.0558. The van der Waals surface area contributed by atoms with E-state index < -0.39 is 12.1 Å². The number of hydrogen-bond donors (Lipinski definition) is 4. The Labute approximate surface area is 189 Å². The van der Waals surface area contributed by atoms with Gasteiger partial charge in [-0.2, -0.15) is 0 Å².